The summed E-state index contributed by atoms with van der Waals surface area (Å²) in [7, 11) is 2.13. The molecule has 3 heterocycles. The minimum atomic E-state index is 0.186. The average molecular weight is 370 g/mol. The van der Waals surface area contributed by atoms with Gasteiger partial charge in [-0.15, -0.1) is 0 Å². The number of likely N-dealkylation sites (N-methyl/N-ethyl adjacent to an activating group) is 1. The second-order valence-corrected chi connectivity index (χ2v) is 8.04. The molecule has 1 aromatic heterocycles. The summed E-state index contributed by atoms with van der Waals surface area (Å²) < 4.78 is 5.65. The molecule has 0 aliphatic carbocycles. The molecule has 27 heavy (non-hydrogen) atoms. The van der Waals surface area contributed by atoms with E-state index in [2.05, 4.69) is 64.6 Å². The van der Waals surface area contributed by atoms with Crippen LogP contribution in [0.25, 0.3) is 0 Å². The van der Waals surface area contributed by atoms with Gasteiger partial charge in [0.2, 0.25) is 5.89 Å². The van der Waals surface area contributed by atoms with E-state index in [-0.39, 0.29) is 12.1 Å². The monoisotopic (exact) mass is 369 g/mol. The quantitative estimate of drug-likeness (QED) is 0.874. The van der Waals surface area contributed by atoms with Crippen molar-refractivity contribution >= 4 is 0 Å². The topological polar surface area (TPSA) is 57.4 Å². The average Bonchev–Trinajstić information content (AvgIpc) is 3.19. The lowest BCUT2D eigenvalue weighted by molar-refractivity contribution is 0.119. The van der Waals surface area contributed by atoms with Crippen LogP contribution in [0.15, 0.2) is 34.9 Å². The molecule has 0 saturated carbocycles. The molecule has 146 valence electrons. The van der Waals surface area contributed by atoms with Crippen LogP contribution in [0.5, 0.6) is 0 Å². The second kappa shape index (κ2) is 8.50. The van der Waals surface area contributed by atoms with E-state index in [0.717, 1.165) is 50.4 Å². The fourth-order valence-corrected chi connectivity index (χ4v) is 4.29. The van der Waals surface area contributed by atoms with Gasteiger partial charge in [0.1, 0.15) is 0 Å². The minimum absolute atomic E-state index is 0.186. The number of rotatable bonds is 5. The van der Waals surface area contributed by atoms with Crippen LogP contribution in [0.4, 0.5) is 0 Å². The van der Waals surface area contributed by atoms with Crippen molar-refractivity contribution < 1.29 is 4.52 Å². The fourth-order valence-electron chi connectivity index (χ4n) is 4.29. The third-order valence-electron chi connectivity index (χ3n) is 6.19. The highest BCUT2D eigenvalue weighted by molar-refractivity contribution is 5.15. The van der Waals surface area contributed by atoms with Crippen LogP contribution in [0.1, 0.15) is 49.1 Å². The Labute approximate surface area is 161 Å². The molecule has 2 aliphatic heterocycles. The van der Waals surface area contributed by atoms with Gasteiger partial charge in [0.15, 0.2) is 5.82 Å². The van der Waals surface area contributed by atoms with E-state index in [9.17, 15) is 0 Å². The highest BCUT2D eigenvalue weighted by Gasteiger charge is 2.29. The van der Waals surface area contributed by atoms with E-state index >= 15 is 0 Å². The van der Waals surface area contributed by atoms with Crippen LogP contribution in [-0.2, 0) is 6.42 Å². The summed E-state index contributed by atoms with van der Waals surface area (Å²) in [5, 5.41) is 7.70. The lowest BCUT2D eigenvalue weighted by Crippen LogP contribution is -2.44. The van der Waals surface area contributed by atoms with E-state index in [1.165, 1.54) is 24.8 Å². The van der Waals surface area contributed by atoms with Crippen molar-refractivity contribution in [3.8, 4) is 0 Å². The predicted molar refractivity (Wildman–Crippen MR) is 105 cm³/mol. The van der Waals surface area contributed by atoms with E-state index in [0.29, 0.717) is 0 Å². The van der Waals surface area contributed by atoms with E-state index in [4.69, 9.17) is 9.51 Å². The standard InChI is InChI=1S/C21H31N5O/c1-16(21-23-20(24-27-21)19-15-22-10-13-25(19)2)26-11-8-18(9-12-26)14-17-6-4-3-5-7-17/h3-7,16,18-19,22H,8-15H2,1-2H3. The molecule has 2 fully saturated rings. The van der Waals surface area contributed by atoms with Crippen molar-refractivity contribution in [2.24, 2.45) is 5.92 Å². The van der Waals surface area contributed by atoms with Gasteiger partial charge in [-0.25, -0.2) is 0 Å². The van der Waals surface area contributed by atoms with Crippen LogP contribution in [0.3, 0.4) is 0 Å². The summed E-state index contributed by atoms with van der Waals surface area (Å²) in [5.41, 5.74) is 1.45. The van der Waals surface area contributed by atoms with Gasteiger partial charge >= 0.3 is 0 Å². The highest BCUT2D eigenvalue weighted by Crippen LogP contribution is 2.28. The largest absolute Gasteiger partial charge is 0.338 e. The van der Waals surface area contributed by atoms with Crippen LogP contribution in [0.2, 0.25) is 0 Å². The molecular weight excluding hydrogens is 338 g/mol. The molecule has 2 unspecified atom stereocenters. The van der Waals surface area contributed by atoms with Crippen LogP contribution in [0, 0.1) is 5.92 Å². The Bertz CT molecular complexity index is 710. The van der Waals surface area contributed by atoms with Crippen LogP contribution >= 0.6 is 0 Å². The van der Waals surface area contributed by atoms with Gasteiger partial charge in [0.05, 0.1) is 12.1 Å². The number of aromatic nitrogens is 2. The molecule has 0 bridgehead atoms. The van der Waals surface area contributed by atoms with Crippen LogP contribution in [-0.4, -0.2) is 59.7 Å². The smallest absolute Gasteiger partial charge is 0.243 e. The Morgan fingerprint density at radius 3 is 2.70 bits per heavy atom. The number of benzene rings is 1. The Morgan fingerprint density at radius 2 is 1.96 bits per heavy atom. The number of likely N-dealkylation sites (tertiary alicyclic amines) is 1. The molecule has 2 aliphatic rings. The van der Waals surface area contributed by atoms with Gasteiger partial charge in [0.25, 0.3) is 0 Å². The lowest BCUT2D eigenvalue weighted by atomic mass is 9.89. The molecule has 6 nitrogen and oxygen atoms in total. The first-order valence-corrected chi connectivity index (χ1v) is 10.2. The SMILES string of the molecule is CC(c1nc(C2CNCCN2C)no1)N1CCC(Cc2ccccc2)CC1. The Morgan fingerprint density at radius 1 is 1.19 bits per heavy atom. The summed E-state index contributed by atoms with van der Waals surface area (Å²) in [6.07, 6.45) is 3.65. The van der Waals surface area contributed by atoms with Crippen molar-refractivity contribution in [1.29, 1.82) is 0 Å². The zero-order valence-corrected chi connectivity index (χ0v) is 16.5. The third-order valence-corrected chi connectivity index (χ3v) is 6.19. The number of hydrogen-bond donors (Lipinski definition) is 1. The summed E-state index contributed by atoms with van der Waals surface area (Å²) in [5.74, 6) is 2.34. The third kappa shape index (κ3) is 4.39. The molecule has 6 heteroatoms. The first-order chi connectivity index (χ1) is 13.2. The van der Waals surface area contributed by atoms with Crippen molar-refractivity contribution in [3.05, 3.63) is 47.6 Å². The summed E-state index contributed by atoms with van der Waals surface area (Å²) >= 11 is 0. The number of nitrogens with one attached hydrogen (secondary N) is 1. The van der Waals surface area contributed by atoms with Gasteiger partial charge < -0.3 is 9.84 Å². The molecule has 1 aromatic carbocycles. The Kier molecular flexibility index (Phi) is 5.86. The highest BCUT2D eigenvalue weighted by atomic mass is 16.5. The molecule has 2 aromatic rings. The molecule has 2 atom stereocenters. The van der Waals surface area contributed by atoms with Gasteiger partial charge in [0, 0.05) is 19.6 Å². The predicted octanol–water partition coefficient (Wildman–Crippen LogP) is 2.66. The maximum Gasteiger partial charge on any atom is 0.243 e. The van der Waals surface area contributed by atoms with Crippen molar-refractivity contribution in [1.82, 2.24) is 25.3 Å². The minimum Gasteiger partial charge on any atom is -0.338 e. The van der Waals surface area contributed by atoms with Gasteiger partial charge in [-0.1, -0.05) is 35.5 Å². The maximum atomic E-state index is 5.65. The van der Waals surface area contributed by atoms with E-state index in [1.54, 1.807) is 0 Å². The molecule has 1 N–H and O–H groups in total. The molecule has 0 amide bonds. The number of hydrogen-bond acceptors (Lipinski definition) is 6. The van der Waals surface area contributed by atoms with Crippen molar-refractivity contribution in [2.75, 3.05) is 39.8 Å². The van der Waals surface area contributed by atoms with Crippen molar-refractivity contribution in [3.63, 3.8) is 0 Å². The number of piperazine rings is 1. The van der Waals surface area contributed by atoms with Gasteiger partial charge in [-0.05, 0) is 57.8 Å². The zero-order valence-electron chi connectivity index (χ0n) is 16.5. The number of nitrogens with zero attached hydrogens (tertiary/aromatic N) is 4. The van der Waals surface area contributed by atoms with Gasteiger partial charge in [-0.3, -0.25) is 9.80 Å². The maximum absolute atomic E-state index is 5.65. The van der Waals surface area contributed by atoms with Gasteiger partial charge in [-0.2, -0.15) is 4.98 Å². The fraction of sp³-hybridized carbons (Fsp3) is 0.619. The normalized spacial score (nSPS) is 24.1. The van der Waals surface area contributed by atoms with Crippen LogP contribution < -0.4 is 5.32 Å². The lowest BCUT2D eigenvalue weighted by Gasteiger charge is -2.34. The van der Waals surface area contributed by atoms with E-state index < -0.39 is 0 Å². The summed E-state index contributed by atoms with van der Waals surface area (Å²) in [6.45, 7) is 7.31. The summed E-state index contributed by atoms with van der Waals surface area (Å²) in [4.78, 5) is 9.53. The molecule has 0 radical (unpaired) electrons. The molecular formula is C21H31N5O. The molecule has 2 saturated heterocycles. The zero-order chi connectivity index (χ0) is 18.6. The molecule has 4 rings (SSSR count). The summed E-state index contributed by atoms with van der Waals surface area (Å²) in [6, 6.07) is 11.2. The van der Waals surface area contributed by atoms with E-state index in [1.807, 2.05) is 0 Å². The number of piperidine rings is 1. The Hall–Kier alpha value is -1.76. The molecule has 0 spiro atoms. The first kappa shape index (κ1) is 18.6. The second-order valence-electron chi connectivity index (χ2n) is 8.04. The first-order valence-electron chi connectivity index (χ1n) is 10.2. The van der Waals surface area contributed by atoms with Crippen molar-refractivity contribution in [2.45, 2.75) is 38.3 Å². The Balaban J connectivity index is 1.32.